The number of benzene rings is 2. The van der Waals surface area contributed by atoms with Gasteiger partial charge in [-0.2, -0.15) is 0 Å². The van der Waals surface area contributed by atoms with Gasteiger partial charge in [-0.15, -0.1) is 0 Å². The van der Waals surface area contributed by atoms with Crippen LogP contribution in [0.15, 0.2) is 53.4 Å². The highest BCUT2D eigenvalue weighted by Gasteiger charge is 2.27. The number of primary sulfonamides is 1. The SMILES string of the molecule is CCCC(=O)CCC(NC(=O)C(CCC(=O)OC)NC(=S)Nc1ccc(S(N)(=O)=O)cc1)C(=O)NCc1ccc(I)cc1. The molecule has 0 saturated carbocycles. The molecule has 0 fully saturated rings. The van der Waals surface area contributed by atoms with E-state index in [1.165, 1.54) is 31.4 Å². The summed E-state index contributed by atoms with van der Waals surface area (Å²) < 4.78 is 28.8. The summed E-state index contributed by atoms with van der Waals surface area (Å²) in [6.07, 6.45) is 1.09. The first-order chi connectivity index (χ1) is 20.3. The number of methoxy groups -OCH3 is 1. The van der Waals surface area contributed by atoms with Crippen molar-refractivity contribution < 1.29 is 32.3 Å². The Hall–Kier alpha value is -3.15. The Morgan fingerprint density at radius 3 is 2.09 bits per heavy atom. The number of esters is 1. The number of rotatable bonds is 16. The largest absolute Gasteiger partial charge is 0.469 e. The van der Waals surface area contributed by atoms with Crippen LogP contribution in [0.3, 0.4) is 0 Å². The molecule has 15 heteroatoms. The van der Waals surface area contributed by atoms with Crippen molar-refractivity contribution in [2.45, 2.75) is 69.0 Å². The van der Waals surface area contributed by atoms with E-state index in [0.717, 1.165) is 9.13 Å². The normalized spacial score (nSPS) is 12.4. The van der Waals surface area contributed by atoms with Gasteiger partial charge in [0, 0.05) is 35.1 Å². The molecule has 0 radical (unpaired) electrons. The van der Waals surface area contributed by atoms with Crippen molar-refractivity contribution in [1.82, 2.24) is 16.0 Å². The van der Waals surface area contributed by atoms with E-state index in [9.17, 15) is 27.6 Å². The molecular weight excluding hydrogens is 709 g/mol. The van der Waals surface area contributed by atoms with Gasteiger partial charge in [-0.05, 0) is 96.0 Å². The third-order valence-corrected chi connectivity index (χ3v) is 8.05. The van der Waals surface area contributed by atoms with Crippen LogP contribution in [0.2, 0.25) is 0 Å². The number of anilines is 1. The summed E-state index contributed by atoms with van der Waals surface area (Å²) in [5.41, 5.74) is 1.28. The van der Waals surface area contributed by atoms with Crippen LogP contribution >= 0.6 is 34.8 Å². The van der Waals surface area contributed by atoms with E-state index in [-0.39, 0.29) is 48.0 Å². The van der Waals surface area contributed by atoms with Crippen molar-refractivity contribution >= 4 is 79.2 Å². The Balaban J connectivity index is 2.16. The monoisotopic (exact) mass is 745 g/mol. The maximum atomic E-state index is 13.4. The minimum atomic E-state index is -3.88. The number of nitrogens with two attached hydrogens (primary N) is 1. The van der Waals surface area contributed by atoms with Crippen molar-refractivity contribution in [3.63, 3.8) is 0 Å². The summed E-state index contributed by atoms with van der Waals surface area (Å²) in [4.78, 5) is 50.6. The van der Waals surface area contributed by atoms with Crippen LogP contribution in [0.25, 0.3) is 0 Å². The highest BCUT2D eigenvalue weighted by atomic mass is 127. The first-order valence-corrected chi connectivity index (χ1v) is 16.5. The minimum absolute atomic E-state index is 0.00575. The van der Waals surface area contributed by atoms with Crippen LogP contribution in [0.4, 0.5) is 5.69 Å². The number of ketones is 1. The summed E-state index contributed by atoms with van der Waals surface area (Å²) in [7, 11) is -2.65. The molecular formula is C28H36IN5O7S2. The molecule has 2 unspecified atom stereocenters. The van der Waals surface area contributed by atoms with Gasteiger partial charge in [-0.25, -0.2) is 13.6 Å². The summed E-state index contributed by atoms with van der Waals surface area (Å²) in [5.74, 6) is -1.64. The van der Waals surface area contributed by atoms with Gasteiger partial charge in [0.25, 0.3) is 0 Å². The molecule has 2 amide bonds. The van der Waals surface area contributed by atoms with E-state index >= 15 is 0 Å². The molecule has 0 heterocycles. The molecule has 2 aromatic carbocycles. The summed E-state index contributed by atoms with van der Waals surface area (Å²) in [6, 6.07) is 11.0. The number of hydrogen-bond acceptors (Lipinski definition) is 8. The Morgan fingerprint density at radius 2 is 1.51 bits per heavy atom. The maximum absolute atomic E-state index is 13.4. The van der Waals surface area contributed by atoms with Crippen molar-refractivity contribution in [3.05, 3.63) is 57.7 Å². The van der Waals surface area contributed by atoms with Gasteiger partial charge in [0.15, 0.2) is 5.11 Å². The molecule has 0 aliphatic carbocycles. The van der Waals surface area contributed by atoms with E-state index in [4.69, 9.17) is 22.1 Å². The lowest BCUT2D eigenvalue weighted by atomic mass is 10.0. The number of sulfonamides is 1. The Bertz CT molecular complexity index is 1390. The number of carbonyl (C=O) groups is 4. The molecule has 234 valence electrons. The van der Waals surface area contributed by atoms with Crippen LogP contribution < -0.4 is 26.4 Å². The van der Waals surface area contributed by atoms with Gasteiger partial charge in [0.1, 0.15) is 17.9 Å². The summed E-state index contributed by atoms with van der Waals surface area (Å²) in [6.45, 7) is 2.11. The lowest BCUT2D eigenvalue weighted by molar-refractivity contribution is -0.141. The second-order valence-corrected chi connectivity index (χ2v) is 12.8. The number of amides is 2. The molecule has 0 aromatic heterocycles. The number of nitrogens with one attached hydrogen (secondary N) is 4. The zero-order valence-corrected chi connectivity index (χ0v) is 27.6. The molecule has 43 heavy (non-hydrogen) atoms. The van der Waals surface area contributed by atoms with Crippen molar-refractivity contribution in [2.24, 2.45) is 5.14 Å². The standard InChI is InChI=1S/C28H36IN5O7S2/c1-3-4-21(35)11-14-23(26(37)31-17-18-5-7-19(29)8-6-18)33-27(38)24(15-16-25(36)41-2)34-28(42)32-20-9-12-22(13-10-20)43(30,39)40/h5-10,12-13,23-24H,3-4,11,14-17H2,1-2H3,(H,31,37)(H,33,38)(H2,30,39,40)(H2,32,34,42). The number of carbonyl (C=O) groups excluding carboxylic acids is 4. The van der Waals surface area contributed by atoms with Crippen LogP contribution in [0, 0.1) is 3.57 Å². The van der Waals surface area contributed by atoms with Gasteiger partial charge in [0.05, 0.1) is 12.0 Å². The maximum Gasteiger partial charge on any atom is 0.305 e. The number of Topliss-reactive ketones (excluding diaryl/α,β-unsaturated/α-hetero) is 1. The smallest absolute Gasteiger partial charge is 0.305 e. The van der Waals surface area contributed by atoms with Crippen molar-refractivity contribution in [2.75, 3.05) is 12.4 Å². The number of hydrogen-bond donors (Lipinski definition) is 5. The fraction of sp³-hybridized carbons (Fsp3) is 0.393. The van der Waals surface area contributed by atoms with Gasteiger partial charge in [-0.1, -0.05) is 19.1 Å². The molecule has 0 aliphatic heterocycles. The van der Waals surface area contributed by atoms with Crippen LogP contribution in [0.1, 0.15) is 51.0 Å². The van der Waals surface area contributed by atoms with E-state index in [0.29, 0.717) is 18.5 Å². The van der Waals surface area contributed by atoms with E-state index in [1.807, 2.05) is 31.2 Å². The molecule has 2 rings (SSSR count). The van der Waals surface area contributed by atoms with Crippen LogP contribution in [0.5, 0.6) is 0 Å². The minimum Gasteiger partial charge on any atom is -0.469 e. The Kier molecular flexibility index (Phi) is 15.0. The van der Waals surface area contributed by atoms with Crippen molar-refractivity contribution in [3.8, 4) is 0 Å². The fourth-order valence-electron chi connectivity index (χ4n) is 3.85. The molecule has 6 N–H and O–H groups in total. The molecule has 0 aliphatic rings. The predicted octanol–water partition coefficient (Wildman–Crippen LogP) is 2.50. The third-order valence-electron chi connectivity index (χ3n) is 6.18. The number of thiocarbonyl (C=S) groups is 1. The molecule has 2 atom stereocenters. The second-order valence-electron chi connectivity index (χ2n) is 9.57. The molecule has 2 aromatic rings. The lowest BCUT2D eigenvalue weighted by Crippen LogP contribution is -2.54. The predicted molar refractivity (Wildman–Crippen MR) is 174 cm³/mol. The first kappa shape index (κ1) is 36.0. The highest BCUT2D eigenvalue weighted by Crippen LogP contribution is 2.13. The van der Waals surface area contributed by atoms with Crippen LogP contribution in [-0.4, -0.2) is 56.3 Å². The van der Waals surface area contributed by atoms with Crippen molar-refractivity contribution in [1.29, 1.82) is 0 Å². The average molecular weight is 746 g/mol. The van der Waals surface area contributed by atoms with Crippen LogP contribution in [-0.2, 0) is 40.5 Å². The van der Waals surface area contributed by atoms with Gasteiger partial charge >= 0.3 is 5.97 Å². The lowest BCUT2D eigenvalue weighted by Gasteiger charge is -2.24. The molecule has 0 bridgehead atoms. The molecule has 12 nitrogen and oxygen atoms in total. The zero-order chi connectivity index (χ0) is 32.0. The average Bonchev–Trinajstić information content (AvgIpc) is 2.96. The van der Waals surface area contributed by atoms with Gasteiger partial charge in [0.2, 0.25) is 21.8 Å². The molecule has 0 saturated heterocycles. The number of ether oxygens (including phenoxy) is 1. The van der Waals surface area contributed by atoms with E-state index < -0.39 is 39.9 Å². The summed E-state index contributed by atoms with van der Waals surface area (Å²) in [5, 5.41) is 16.3. The molecule has 0 spiro atoms. The second kappa shape index (κ2) is 17.8. The highest BCUT2D eigenvalue weighted by molar-refractivity contribution is 14.1. The summed E-state index contributed by atoms with van der Waals surface area (Å²) >= 11 is 7.53. The quantitative estimate of drug-likeness (QED) is 0.0972. The Morgan fingerprint density at radius 1 is 0.907 bits per heavy atom. The fourth-order valence-corrected chi connectivity index (χ4v) is 4.99. The van der Waals surface area contributed by atoms with E-state index in [1.54, 1.807) is 0 Å². The zero-order valence-electron chi connectivity index (χ0n) is 23.9. The van der Waals surface area contributed by atoms with Gasteiger partial charge < -0.3 is 26.0 Å². The van der Waals surface area contributed by atoms with E-state index in [2.05, 4.69) is 43.9 Å². The topological polar surface area (TPSA) is 186 Å². The Labute approximate surface area is 270 Å². The third kappa shape index (κ3) is 13.4. The number of halogens is 1. The van der Waals surface area contributed by atoms with Gasteiger partial charge in [-0.3, -0.25) is 19.2 Å². The first-order valence-electron chi connectivity index (χ1n) is 13.4.